The van der Waals surface area contributed by atoms with E-state index in [4.69, 9.17) is 5.11 Å². The zero-order valence-corrected chi connectivity index (χ0v) is 12.8. The molecule has 21 heavy (non-hydrogen) atoms. The topological polar surface area (TPSA) is 60.9 Å². The summed E-state index contributed by atoms with van der Waals surface area (Å²) in [5.74, 6) is 5.56. The van der Waals surface area contributed by atoms with Gasteiger partial charge in [-0.2, -0.15) is 0 Å². The summed E-state index contributed by atoms with van der Waals surface area (Å²) >= 11 is 1.34. The highest BCUT2D eigenvalue weighted by atomic mass is 32.1. The minimum Gasteiger partial charge on any atom is -0.395 e. The van der Waals surface area contributed by atoms with Crippen LogP contribution in [0.1, 0.15) is 28.1 Å². The molecule has 112 valence electrons. The third-order valence-electron chi connectivity index (χ3n) is 3.28. The molecular weight excluding hydrogens is 288 g/mol. The lowest BCUT2D eigenvalue weighted by Gasteiger charge is -2.19. The maximum atomic E-state index is 12.6. The van der Waals surface area contributed by atoms with Crippen molar-refractivity contribution in [1.82, 2.24) is 9.80 Å². The Kier molecular flexibility index (Phi) is 5.37. The summed E-state index contributed by atoms with van der Waals surface area (Å²) in [6, 6.07) is 1.80. The number of hydrogen-bond acceptors (Lipinski definition) is 4. The molecule has 0 radical (unpaired) electrons. The van der Waals surface area contributed by atoms with Crippen molar-refractivity contribution in [2.45, 2.75) is 12.8 Å². The summed E-state index contributed by atoms with van der Waals surface area (Å²) in [5.41, 5.74) is 0.670. The number of carbonyl (C=O) groups excluding carboxylic acids is 2. The van der Waals surface area contributed by atoms with Gasteiger partial charge in [-0.25, -0.2) is 0 Å². The number of aliphatic hydroxyl groups excluding tert-OH is 1. The maximum absolute atomic E-state index is 12.6. The first kappa shape index (κ1) is 15.5. The molecule has 0 saturated carbocycles. The van der Waals surface area contributed by atoms with Crippen molar-refractivity contribution in [3.8, 4) is 11.8 Å². The van der Waals surface area contributed by atoms with E-state index in [2.05, 4.69) is 11.8 Å². The van der Waals surface area contributed by atoms with Gasteiger partial charge in [0.2, 0.25) is 5.91 Å². The summed E-state index contributed by atoms with van der Waals surface area (Å²) in [4.78, 5) is 28.3. The first-order valence-corrected chi connectivity index (χ1v) is 7.72. The van der Waals surface area contributed by atoms with E-state index in [9.17, 15) is 9.59 Å². The minimum atomic E-state index is -0.137. The molecule has 0 aromatic carbocycles. The van der Waals surface area contributed by atoms with Crippen LogP contribution in [0.4, 0.5) is 0 Å². The highest BCUT2D eigenvalue weighted by molar-refractivity contribution is 7.12. The lowest BCUT2D eigenvalue weighted by Crippen LogP contribution is -2.37. The van der Waals surface area contributed by atoms with E-state index in [1.165, 1.54) is 11.3 Å². The molecule has 1 fully saturated rings. The Labute approximate surface area is 128 Å². The Hall–Kier alpha value is -1.84. The van der Waals surface area contributed by atoms with Crippen LogP contribution in [0.2, 0.25) is 0 Å². The van der Waals surface area contributed by atoms with Gasteiger partial charge < -0.3 is 14.9 Å². The van der Waals surface area contributed by atoms with Crippen LogP contribution in [-0.2, 0) is 4.79 Å². The van der Waals surface area contributed by atoms with Crippen molar-refractivity contribution in [3.05, 3.63) is 21.9 Å². The van der Waals surface area contributed by atoms with E-state index in [1.807, 2.05) is 5.38 Å². The van der Waals surface area contributed by atoms with Crippen molar-refractivity contribution in [2.75, 3.05) is 33.3 Å². The second-order valence-electron chi connectivity index (χ2n) is 4.83. The predicted molar refractivity (Wildman–Crippen MR) is 81.1 cm³/mol. The van der Waals surface area contributed by atoms with Gasteiger partial charge in [-0.15, -0.1) is 11.3 Å². The van der Waals surface area contributed by atoms with Gasteiger partial charge in [0.05, 0.1) is 6.61 Å². The minimum absolute atomic E-state index is 0.00732. The summed E-state index contributed by atoms with van der Waals surface area (Å²) in [6.07, 6.45) is 1.17. The Balaban J connectivity index is 2.15. The van der Waals surface area contributed by atoms with E-state index in [0.717, 1.165) is 6.42 Å². The van der Waals surface area contributed by atoms with Crippen LogP contribution in [0, 0.1) is 11.8 Å². The molecule has 0 unspecified atom stereocenters. The fraction of sp³-hybridized carbons (Fsp3) is 0.467. The molecule has 0 atom stereocenters. The first-order valence-electron chi connectivity index (χ1n) is 6.84. The Morgan fingerprint density at radius 1 is 1.48 bits per heavy atom. The molecule has 0 bridgehead atoms. The first-order chi connectivity index (χ1) is 10.1. The molecule has 1 aliphatic rings. The maximum Gasteiger partial charge on any atom is 0.265 e. The molecule has 1 aromatic heterocycles. The van der Waals surface area contributed by atoms with E-state index in [0.29, 0.717) is 30.0 Å². The lowest BCUT2D eigenvalue weighted by molar-refractivity contribution is -0.129. The summed E-state index contributed by atoms with van der Waals surface area (Å²) in [5, 5.41) is 10.6. The van der Waals surface area contributed by atoms with Crippen LogP contribution in [0.15, 0.2) is 11.4 Å². The highest BCUT2D eigenvalue weighted by Crippen LogP contribution is 2.19. The van der Waals surface area contributed by atoms with Gasteiger partial charge in [-0.1, -0.05) is 11.8 Å². The Bertz CT molecular complexity index is 585. The predicted octanol–water partition coefficient (Wildman–Crippen LogP) is 0.786. The second kappa shape index (κ2) is 7.25. The van der Waals surface area contributed by atoms with Gasteiger partial charge in [0, 0.05) is 32.1 Å². The number of thiophene rings is 1. The Morgan fingerprint density at radius 3 is 3.05 bits per heavy atom. The molecule has 1 aromatic rings. The molecule has 1 saturated heterocycles. The SMILES string of the molecule is CN1CCCN(C(=O)c2sccc2C#CCCO)CC1=O. The largest absolute Gasteiger partial charge is 0.395 e. The number of carbonyl (C=O) groups is 2. The van der Waals surface area contributed by atoms with Crippen LogP contribution in [0.25, 0.3) is 0 Å². The number of rotatable bonds is 2. The molecule has 1 N–H and O–H groups in total. The number of nitrogens with zero attached hydrogens (tertiary/aromatic N) is 2. The smallest absolute Gasteiger partial charge is 0.265 e. The normalized spacial score (nSPS) is 15.4. The second-order valence-corrected chi connectivity index (χ2v) is 5.75. The number of likely N-dealkylation sites (N-methyl/N-ethyl adjacent to an activating group) is 1. The number of hydrogen-bond donors (Lipinski definition) is 1. The van der Waals surface area contributed by atoms with E-state index >= 15 is 0 Å². The lowest BCUT2D eigenvalue weighted by atomic mass is 10.2. The average Bonchev–Trinajstić information content (AvgIpc) is 2.86. The van der Waals surface area contributed by atoms with Gasteiger partial charge >= 0.3 is 0 Å². The molecular formula is C15H18N2O3S. The van der Waals surface area contributed by atoms with Crippen molar-refractivity contribution in [1.29, 1.82) is 0 Å². The van der Waals surface area contributed by atoms with Crippen LogP contribution in [-0.4, -0.2) is 60.0 Å². The molecule has 0 spiro atoms. The standard InChI is InChI=1S/C15H18N2O3S/c1-16-7-4-8-17(11-13(16)19)15(20)14-12(6-10-21-14)5-2-3-9-18/h6,10,18H,3-4,7-9,11H2,1H3. The molecule has 5 nitrogen and oxygen atoms in total. The third-order valence-corrected chi connectivity index (χ3v) is 4.18. The van der Waals surface area contributed by atoms with Gasteiger partial charge in [0.25, 0.3) is 5.91 Å². The zero-order chi connectivity index (χ0) is 15.2. The van der Waals surface area contributed by atoms with E-state index < -0.39 is 0 Å². The van der Waals surface area contributed by atoms with Crippen molar-refractivity contribution in [2.24, 2.45) is 0 Å². The quantitative estimate of drug-likeness (QED) is 0.822. The van der Waals surface area contributed by atoms with Crippen LogP contribution in [0.3, 0.4) is 0 Å². The Morgan fingerprint density at radius 2 is 2.29 bits per heavy atom. The monoisotopic (exact) mass is 306 g/mol. The van der Waals surface area contributed by atoms with E-state index in [-0.39, 0.29) is 25.0 Å². The average molecular weight is 306 g/mol. The molecule has 2 heterocycles. The van der Waals surface area contributed by atoms with Gasteiger partial charge in [0.1, 0.15) is 11.4 Å². The fourth-order valence-electron chi connectivity index (χ4n) is 2.09. The van der Waals surface area contributed by atoms with Gasteiger partial charge in [-0.05, 0) is 17.9 Å². The summed E-state index contributed by atoms with van der Waals surface area (Å²) in [7, 11) is 1.76. The van der Waals surface area contributed by atoms with E-state index in [1.54, 1.807) is 22.9 Å². The third kappa shape index (κ3) is 3.84. The molecule has 2 amide bonds. The molecule has 2 rings (SSSR count). The van der Waals surface area contributed by atoms with Crippen LogP contribution >= 0.6 is 11.3 Å². The zero-order valence-electron chi connectivity index (χ0n) is 12.0. The van der Waals surface area contributed by atoms with Crippen molar-refractivity contribution >= 4 is 23.2 Å². The highest BCUT2D eigenvalue weighted by Gasteiger charge is 2.25. The van der Waals surface area contributed by atoms with Crippen LogP contribution in [0.5, 0.6) is 0 Å². The van der Waals surface area contributed by atoms with Crippen LogP contribution < -0.4 is 0 Å². The molecule has 6 heteroatoms. The summed E-state index contributed by atoms with van der Waals surface area (Å²) < 4.78 is 0. The fourth-order valence-corrected chi connectivity index (χ4v) is 2.91. The molecule has 1 aliphatic heterocycles. The molecule has 0 aliphatic carbocycles. The number of amides is 2. The van der Waals surface area contributed by atoms with Crippen molar-refractivity contribution < 1.29 is 14.7 Å². The number of aliphatic hydroxyl groups is 1. The summed E-state index contributed by atoms with van der Waals surface area (Å²) in [6.45, 7) is 1.39. The van der Waals surface area contributed by atoms with Crippen molar-refractivity contribution in [3.63, 3.8) is 0 Å². The van der Waals surface area contributed by atoms with Gasteiger partial charge in [0.15, 0.2) is 0 Å². The van der Waals surface area contributed by atoms with Gasteiger partial charge in [-0.3, -0.25) is 9.59 Å².